The van der Waals surface area contributed by atoms with Crippen LogP contribution in [0.25, 0.3) is 0 Å². The molecule has 0 aromatic heterocycles. The fraction of sp³-hybridized carbons (Fsp3) is 0.462. The van der Waals surface area contributed by atoms with E-state index in [1.807, 2.05) is 19.1 Å². The van der Waals surface area contributed by atoms with Crippen LogP contribution < -0.4 is 10.5 Å². The Morgan fingerprint density at radius 1 is 1.43 bits per heavy atom. The summed E-state index contributed by atoms with van der Waals surface area (Å²) in [6.07, 6.45) is 0. The van der Waals surface area contributed by atoms with Crippen molar-refractivity contribution in [1.29, 1.82) is 0 Å². The predicted molar refractivity (Wildman–Crippen MR) is 86.7 cm³/mol. The first kappa shape index (κ1) is 17.8. The number of likely N-dealkylation sites (N-methyl/N-ethyl adjacent to an activating group) is 1. The number of benzene rings is 1. The van der Waals surface area contributed by atoms with Gasteiger partial charge in [0.2, 0.25) is 15.9 Å². The number of amides is 1. The number of sulfonamides is 1. The fourth-order valence-corrected chi connectivity index (χ4v) is 3.76. The highest BCUT2D eigenvalue weighted by Gasteiger charge is 2.14. The van der Waals surface area contributed by atoms with Gasteiger partial charge in [-0.25, -0.2) is 13.1 Å². The number of nitrogens with one attached hydrogen (secondary N) is 1. The first-order valence-corrected chi connectivity index (χ1v) is 9.17. The van der Waals surface area contributed by atoms with Gasteiger partial charge in [-0.2, -0.15) is 0 Å². The van der Waals surface area contributed by atoms with Gasteiger partial charge in [0, 0.05) is 29.9 Å². The highest BCUT2D eigenvalue weighted by atomic mass is 32.2. The monoisotopic (exact) mass is 331 g/mol. The Labute approximate surface area is 130 Å². The van der Waals surface area contributed by atoms with Gasteiger partial charge < -0.3 is 10.6 Å². The Morgan fingerprint density at radius 3 is 2.76 bits per heavy atom. The molecule has 6 nitrogen and oxygen atoms in total. The molecule has 0 saturated carbocycles. The number of nitrogen functional groups attached to an aromatic ring is 1. The van der Waals surface area contributed by atoms with Gasteiger partial charge in [0.1, 0.15) is 0 Å². The maximum absolute atomic E-state index is 11.8. The molecule has 0 bridgehead atoms. The van der Waals surface area contributed by atoms with E-state index in [1.54, 1.807) is 19.2 Å². The summed E-state index contributed by atoms with van der Waals surface area (Å²) in [5.74, 6) is 0.108. The van der Waals surface area contributed by atoms with Crippen LogP contribution in [0, 0.1) is 0 Å². The van der Waals surface area contributed by atoms with E-state index in [0.29, 0.717) is 18.0 Å². The number of thioether (sulfide) groups is 1. The largest absolute Gasteiger partial charge is 0.399 e. The molecule has 1 aromatic carbocycles. The Bertz CT molecular complexity index is 576. The van der Waals surface area contributed by atoms with Gasteiger partial charge in [-0.15, -0.1) is 11.8 Å². The second-order valence-electron chi connectivity index (χ2n) is 4.47. The molecule has 1 aromatic rings. The number of rotatable bonds is 8. The van der Waals surface area contributed by atoms with E-state index in [9.17, 15) is 13.2 Å². The van der Waals surface area contributed by atoms with E-state index in [1.165, 1.54) is 16.7 Å². The Kier molecular flexibility index (Phi) is 7.00. The molecule has 1 rings (SSSR count). The van der Waals surface area contributed by atoms with Crippen molar-refractivity contribution in [3.8, 4) is 0 Å². The van der Waals surface area contributed by atoms with Gasteiger partial charge >= 0.3 is 0 Å². The van der Waals surface area contributed by atoms with Crippen molar-refractivity contribution in [1.82, 2.24) is 9.62 Å². The van der Waals surface area contributed by atoms with Crippen LogP contribution in [0.15, 0.2) is 29.2 Å². The molecule has 0 aliphatic rings. The highest BCUT2D eigenvalue weighted by Crippen LogP contribution is 2.20. The zero-order chi connectivity index (χ0) is 15.9. The van der Waals surface area contributed by atoms with Gasteiger partial charge in [-0.1, -0.05) is 6.07 Å². The molecule has 21 heavy (non-hydrogen) atoms. The minimum Gasteiger partial charge on any atom is -0.399 e. The second kappa shape index (κ2) is 8.26. The molecule has 0 unspecified atom stereocenters. The fourth-order valence-electron chi connectivity index (χ4n) is 1.43. The molecule has 0 radical (unpaired) electrons. The lowest BCUT2D eigenvalue weighted by molar-refractivity contribution is -0.128. The van der Waals surface area contributed by atoms with Crippen molar-refractivity contribution in [2.45, 2.75) is 11.8 Å². The summed E-state index contributed by atoms with van der Waals surface area (Å²) in [6.45, 7) is 2.18. The number of anilines is 1. The van der Waals surface area contributed by atoms with Crippen LogP contribution in [0.2, 0.25) is 0 Å². The molecule has 118 valence electrons. The molecule has 0 saturated heterocycles. The van der Waals surface area contributed by atoms with Gasteiger partial charge in [0.25, 0.3) is 0 Å². The Hall–Kier alpha value is -1.25. The van der Waals surface area contributed by atoms with Gasteiger partial charge in [-0.05, 0) is 25.1 Å². The lowest BCUT2D eigenvalue weighted by Gasteiger charge is -2.14. The first-order chi connectivity index (χ1) is 9.84. The molecule has 0 fully saturated rings. The second-order valence-corrected chi connectivity index (χ2v) is 7.56. The topological polar surface area (TPSA) is 92.5 Å². The average Bonchev–Trinajstić information content (AvgIpc) is 2.44. The number of hydrogen-bond acceptors (Lipinski definition) is 5. The lowest BCUT2D eigenvalue weighted by Crippen LogP contribution is -2.39. The quantitative estimate of drug-likeness (QED) is 0.542. The zero-order valence-corrected chi connectivity index (χ0v) is 13.8. The van der Waals surface area contributed by atoms with Crippen LogP contribution in [-0.4, -0.2) is 50.9 Å². The first-order valence-electron chi connectivity index (χ1n) is 6.53. The SMILES string of the molecule is CCN(C)C(=O)CNS(=O)(=O)CCSc1cccc(N)c1. The van der Waals surface area contributed by atoms with Crippen molar-refractivity contribution in [3.63, 3.8) is 0 Å². The highest BCUT2D eigenvalue weighted by molar-refractivity contribution is 8.00. The summed E-state index contributed by atoms with van der Waals surface area (Å²) in [5, 5.41) is 0. The number of carbonyl (C=O) groups is 1. The van der Waals surface area contributed by atoms with E-state index < -0.39 is 10.0 Å². The summed E-state index contributed by atoms with van der Waals surface area (Å²) < 4.78 is 25.9. The predicted octanol–water partition coefficient (Wildman–Crippen LogP) is 0.759. The van der Waals surface area contributed by atoms with Crippen molar-refractivity contribution >= 4 is 33.4 Å². The summed E-state index contributed by atoms with van der Waals surface area (Å²) in [6, 6.07) is 7.27. The number of nitrogens with zero attached hydrogens (tertiary/aromatic N) is 1. The molecule has 0 aliphatic heterocycles. The molecule has 8 heteroatoms. The third-order valence-electron chi connectivity index (χ3n) is 2.82. The third-order valence-corrected chi connectivity index (χ3v) is 5.40. The standard InChI is InChI=1S/C13H21N3O3S2/c1-3-16(2)13(17)10-15-21(18,19)8-7-20-12-6-4-5-11(14)9-12/h4-6,9,15H,3,7-8,10,14H2,1-2H3. The Balaban J connectivity index is 2.38. The van der Waals surface area contributed by atoms with Gasteiger partial charge in [0.15, 0.2) is 0 Å². The maximum Gasteiger partial charge on any atom is 0.237 e. The molecule has 0 spiro atoms. The van der Waals surface area contributed by atoms with Crippen LogP contribution in [-0.2, 0) is 14.8 Å². The smallest absolute Gasteiger partial charge is 0.237 e. The molecule has 0 atom stereocenters. The van der Waals surface area contributed by atoms with E-state index in [0.717, 1.165) is 4.90 Å². The minimum atomic E-state index is -3.45. The van der Waals surface area contributed by atoms with E-state index in [4.69, 9.17) is 5.73 Å². The van der Waals surface area contributed by atoms with Gasteiger partial charge in [0.05, 0.1) is 12.3 Å². The third kappa shape index (κ3) is 6.83. The van der Waals surface area contributed by atoms with Crippen LogP contribution in [0.1, 0.15) is 6.92 Å². The molecule has 3 N–H and O–H groups in total. The van der Waals surface area contributed by atoms with Crippen molar-refractivity contribution in [2.24, 2.45) is 0 Å². The van der Waals surface area contributed by atoms with Crippen LogP contribution >= 0.6 is 11.8 Å². The summed E-state index contributed by atoms with van der Waals surface area (Å²) >= 11 is 1.41. The molecular weight excluding hydrogens is 310 g/mol. The number of hydrogen-bond donors (Lipinski definition) is 2. The van der Waals surface area contributed by atoms with E-state index in [-0.39, 0.29) is 18.2 Å². The maximum atomic E-state index is 11.8. The normalized spacial score (nSPS) is 11.3. The minimum absolute atomic E-state index is 0.0460. The average molecular weight is 331 g/mol. The van der Waals surface area contributed by atoms with Gasteiger partial charge in [-0.3, -0.25) is 4.79 Å². The summed E-state index contributed by atoms with van der Waals surface area (Å²) in [5.41, 5.74) is 6.30. The summed E-state index contributed by atoms with van der Waals surface area (Å²) in [4.78, 5) is 13.9. The van der Waals surface area contributed by atoms with Crippen molar-refractivity contribution < 1.29 is 13.2 Å². The molecule has 0 aliphatic carbocycles. The van der Waals surface area contributed by atoms with Crippen LogP contribution in [0.5, 0.6) is 0 Å². The van der Waals surface area contributed by atoms with Crippen molar-refractivity contribution in [2.75, 3.05) is 37.4 Å². The summed E-state index contributed by atoms with van der Waals surface area (Å²) in [7, 11) is -1.82. The van der Waals surface area contributed by atoms with Crippen molar-refractivity contribution in [3.05, 3.63) is 24.3 Å². The Morgan fingerprint density at radius 2 is 2.14 bits per heavy atom. The number of carbonyl (C=O) groups excluding carboxylic acids is 1. The molecule has 1 amide bonds. The van der Waals surface area contributed by atoms with Crippen LogP contribution in [0.4, 0.5) is 5.69 Å². The lowest BCUT2D eigenvalue weighted by atomic mass is 10.3. The van der Waals surface area contributed by atoms with E-state index >= 15 is 0 Å². The van der Waals surface area contributed by atoms with Crippen LogP contribution in [0.3, 0.4) is 0 Å². The van der Waals surface area contributed by atoms with E-state index in [2.05, 4.69) is 4.72 Å². The molecular formula is C13H21N3O3S2. The zero-order valence-electron chi connectivity index (χ0n) is 12.2. The molecule has 0 heterocycles. The number of nitrogens with two attached hydrogens (primary N) is 1.